The minimum atomic E-state index is -0.952. The first-order valence-electron chi connectivity index (χ1n) is 14.9. The van der Waals surface area contributed by atoms with Crippen LogP contribution in [0.15, 0.2) is 59.2 Å². The zero-order chi connectivity index (χ0) is 31.1. The summed E-state index contributed by atoms with van der Waals surface area (Å²) in [4.78, 5) is 57.9. The number of nitrogens with zero attached hydrogens (tertiary/aromatic N) is 1. The van der Waals surface area contributed by atoms with Crippen LogP contribution in [0.5, 0.6) is 11.5 Å². The second-order valence-electron chi connectivity index (χ2n) is 11.2. The third kappa shape index (κ3) is 7.36. The number of rotatable bonds is 5. The van der Waals surface area contributed by atoms with E-state index >= 15 is 0 Å². The highest BCUT2D eigenvalue weighted by atomic mass is 16.6. The highest BCUT2D eigenvalue weighted by Crippen LogP contribution is 2.33. The molecule has 12 nitrogen and oxygen atoms in total. The van der Waals surface area contributed by atoms with Gasteiger partial charge in [0.25, 0.3) is 11.8 Å². The van der Waals surface area contributed by atoms with Crippen molar-refractivity contribution in [3.05, 3.63) is 77.5 Å². The predicted molar refractivity (Wildman–Crippen MR) is 159 cm³/mol. The Bertz CT molecular complexity index is 1490. The number of aromatic nitrogens is 1. The van der Waals surface area contributed by atoms with Crippen molar-refractivity contribution in [2.75, 3.05) is 19.8 Å². The molecule has 0 saturated carbocycles. The Hall–Kier alpha value is -4.87. The van der Waals surface area contributed by atoms with Gasteiger partial charge in [0.15, 0.2) is 17.2 Å². The van der Waals surface area contributed by atoms with Crippen molar-refractivity contribution in [3.63, 3.8) is 0 Å². The van der Waals surface area contributed by atoms with E-state index in [1.807, 2.05) is 44.2 Å². The topological polar surface area (TPSA) is 161 Å². The summed E-state index contributed by atoms with van der Waals surface area (Å²) >= 11 is 0. The minimum Gasteiger partial charge on any atom is -0.486 e. The van der Waals surface area contributed by atoms with E-state index in [-0.39, 0.29) is 29.5 Å². The monoisotopic (exact) mass is 603 g/mol. The smallest absolute Gasteiger partial charge is 0.273 e. The summed E-state index contributed by atoms with van der Waals surface area (Å²) in [5.74, 6) is -1.17. The van der Waals surface area contributed by atoms with Gasteiger partial charge in [0.1, 0.15) is 37.6 Å². The van der Waals surface area contributed by atoms with E-state index in [0.717, 1.165) is 5.56 Å². The van der Waals surface area contributed by atoms with Gasteiger partial charge in [0, 0.05) is 13.0 Å². The maximum atomic E-state index is 13.7. The largest absolute Gasteiger partial charge is 0.486 e. The average Bonchev–Trinajstić information content (AvgIpc) is 3.52. The molecule has 232 valence electrons. The van der Waals surface area contributed by atoms with E-state index in [0.29, 0.717) is 50.5 Å². The average molecular weight is 604 g/mol. The fraction of sp³-hybridized carbons (Fsp3) is 0.406. The number of fused-ring (bicyclic) bond motifs is 3. The summed E-state index contributed by atoms with van der Waals surface area (Å²) in [7, 11) is 0. The van der Waals surface area contributed by atoms with Crippen molar-refractivity contribution < 1.29 is 33.1 Å². The number of hydrogen-bond donors (Lipinski definition) is 4. The molecule has 2 aromatic carbocycles. The van der Waals surface area contributed by atoms with Crippen LogP contribution in [0.4, 0.5) is 0 Å². The normalized spacial score (nSPS) is 21.2. The molecule has 3 atom stereocenters. The number of benzene rings is 2. The summed E-state index contributed by atoms with van der Waals surface area (Å²) in [6.45, 7) is 4.66. The maximum absolute atomic E-state index is 13.7. The molecule has 4 amide bonds. The van der Waals surface area contributed by atoms with Crippen molar-refractivity contribution in [1.82, 2.24) is 26.3 Å². The Kier molecular flexibility index (Phi) is 9.78. The first-order valence-corrected chi connectivity index (χ1v) is 14.9. The Labute approximate surface area is 255 Å². The van der Waals surface area contributed by atoms with Crippen molar-refractivity contribution >= 4 is 23.6 Å². The van der Waals surface area contributed by atoms with Crippen LogP contribution in [0, 0.1) is 5.92 Å². The van der Waals surface area contributed by atoms with Crippen LogP contribution in [0.2, 0.25) is 0 Å². The van der Waals surface area contributed by atoms with Gasteiger partial charge in [0.05, 0.1) is 5.56 Å². The van der Waals surface area contributed by atoms with E-state index in [1.54, 1.807) is 18.2 Å². The molecule has 12 heteroatoms. The lowest BCUT2D eigenvalue weighted by molar-refractivity contribution is -0.131. The molecule has 0 saturated heterocycles. The molecule has 5 rings (SSSR count). The minimum absolute atomic E-state index is 0.107. The third-order valence-electron chi connectivity index (χ3n) is 7.54. The summed E-state index contributed by atoms with van der Waals surface area (Å²) in [6, 6.07) is 11.9. The highest BCUT2D eigenvalue weighted by Gasteiger charge is 2.32. The molecule has 0 spiro atoms. The lowest BCUT2D eigenvalue weighted by Gasteiger charge is -2.27. The molecule has 3 aromatic rings. The van der Waals surface area contributed by atoms with Crippen LogP contribution < -0.4 is 30.7 Å². The fourth-order valence-electron chi connectivity index (χ4n) is 5.18. The van der Waals surface area contributed by atoms with E-state index in [2.05, 4.69) is 26.3 Å². The molecule has 2 aliphatic rings. The molecule has 0 aliphatic carbocycles. The summed E-state index contributed by atoms with van der Waals surface area (Å²) < 4.78 is 17.0. The van der Waals surface area contributed by atoms with E-state index in [9.17, 15) is 19.2 Å². The number of oxazole rings is 1. The van der Waals surface area contributed by atoms with Crippen LogP contribution in [-0.4, -0.2) is 60.5 Å². The third-order valence-corrected chi connectivity index (χ3v) is 7.54. The number of para-hydroxylation sites is 1. The van der Waals surface area contributed by atoms with Crippen LogP contribution >= 0.6 is 0 Å². The van der Waals surface area contributed by atoms with Gasteiger partial charge in [-0.1, -0.05) is 50.2 Å². The highest BCUT2D eigenvalue weighted by molar-refractivity contribution is 6.01. The number of ether oxygens (including phenoxy) is 2. The van der Waals surface area contributed by atoms with Gasteiger partial charge in [0.2, 0.25) is 17.7 Å². The zero-order valence-electron chi connectivity index (χ0n) is 24.8. The fourth-order valence-corrected chi connectivity index (χ4v) is 5.18. The Morgan fingerprint density at radius 2 is 1.77 bits per heavy atom. The molecular weight excluding hydrogens is 566 g/mol. The SMILES string of the molecule is CC(C)[C@@H]1NC(=O)[C@@H](NC(=O)c2cccc3c2OCCO3)CCCCNC(=O)c2coc(n2)[C@@H](Cc2ccccc2)NC1=O. The Balaban J connectivity index is 1.39. The van der Waals surface area contributed by atoms with E-state index in [4.69, 9.17) is 13.9 Å². The van der Waals surface area contributed by atoms with Gasteiger partial charge in [-0.2, -0.15) is 0 Å². The first kappa shape index (κ1) is 30.6. The van der Waals surface area contributed by atoms with Gasteiger partial charge in [-0.05, 0) is 42.9 Å². The predicted octanol–water partition coefficient (Wildman–Crippen LogP) is 2.70. The molecule has 2 bridgehead atoms. The second-order valence-corrected chi connectivity index (χ2v) is 11.2. The van der Waals surface area contributed by atoms with Crippen LogP contribution in [0.3, 0.4) is 0 Å². The zero-order valence-corrected chi connectivity index (χ0v) is 24.8. The second kappa shape index (κ2) is 14.1. The lowest BCUT2D eigenvalue weighted by atomic mass is 10.00. The first-order chi connectivity index (χ1) is 21.3. The Morgan fingerprint density at radius 1 is 0.977 bits per heavy atom. The van der Waals surface area contributed by atoms with Gasteiger partial charge in [-0.25, -0.2) is 4.98 Å². The lowest BCUT2D eigenvalue weighted by Crippen LogP contribution is -2.56. The summed E-state index contributed by atoms with van der Waals surface area (Å²) in [5.41, 5.74) is 1.28. The summed E-state index contributed by atoms with van der Waals surface area (Å²) in [5, 5.41) is 11.5. The van der Waals surface area contributed by atoms with Crippen molar-refractivity contribution in [2.45, 2.75) is 57.7 Å². The standard InChI is InChI=1S/C32H37N5O7/c1-19(2)26-31(41)35-23(17-20-9-4-3-5-10-20)32-36-24(18-44-32)29(39)33-14-7-6-12-22(30(40)37-26)34-28(38)21-11-8-13-25-27(21)43-16-15-42-25/h3-5,8-11,13,18-19,22-23,26H,6-7,12,14-17H2,1-2H3,(H,33,39)(H,34,38)(H,35,41)(H,37,40)/t22-,23+,26-/m0/s1. The number of carbonyl (C=O) groups is 4. The molecule has 4 N–H and O–H groups in total. The molecule has 0 radical (unpaired) electrons. The van der Waals surface area contributed by atoms with Gasteiger partial charge in [-0.3, -0.25) is 19.2 Å². The molecule has 1 aromatic heterocycles. The van der Waals surface area contributed by atoms with Crippen molar-refractivity contribution in [3.8, 4) is 11.5 Å². The number of hydrogen-bond acceptors (Lipinski definition) is 8. The van der Waals surface area contributed by atoms with Crippen LogP contribution in [0.25, 0.3) is 0 Å². The number of carbonyl (C=O) groups excluding carboxylic acids is 4. The van der Waals surface area contributed by atoms with E-state index in [1.165, 1.54) is 6.26 Å². The van der Waals surface area contributed by atoms with Crippen LogP contribution in [-0.2, 0) is 16.0 Å². The number of nitrogens with one attached hydrogen (secondary N) is 4. The molecule has 3 heterocycles. The number of amides is 4. The molecule has 44 heavy (non-hydrogen) atoms. The Morgan fingerprint density at radius 3 is 2.57 bits per heavy atom. The molecule has 0 unspecified atom stereocenters. The maximum Gasteiger partial charge on any atom is 0.273 e. The summed E-state index contributed by atoms with van der Waals surface area (Å²) in [6.07, 6.45) is 2.94. The van der Waals surface area contributed by atoms with E-state index < -0.39 is 41.8 Å². The van der Waals surface area contributed by atoms with Gasteiger partial charge < -0.3 is 35.2 Å². The molecule has 0 fully saturated rings. The van der Waals surface area contributed by atoms with Gasteiger partial charge in [-0.15, -0.1) is 0 Å². The molecular formula is C32H37N5O7. The van der Waals surface area contributed by atoms with Gasteiger partial charge >= 0.3 is 0 Å². The van der Waals surface area contributed by atoms with Crippen LogP contribution in [0.1, 0.15) is 71.5 Å². The quantitative estimate of drug-likeness (QED) is 0.346. The van der Waals surface area contributed by atoms with Crippen molar-refractivity contribution in [2.24, 2.45) is 5.92 Å². The molecule has 2 aliphatic heterocycles. The van der Waals surface area contributed by atoms with Crippen molar-refractivity contribution in [1.29, 1.82) is 0 Å².